The second kappa shape index (κ2) is 9.46. The Kier molecular flexibility index (Phi) is 6.48. The number of nitrogens with zero attached hydrogens (tertiary/aromatic N) is 3. The van der Waals surface area contributed by atoms with Crippen molar-refractivity contribution in [2.75, 3.05) is 24.8 Å². The first kappa shape index (κ1) is 21.9. The van der Waals surface area contributed by atoms with Gasteiger partial charge in [0.05, 0.1) is 29.5 Å². The summed E-state index contributed by atoms with van der Waals surface area (Å²) in [5.41, 5.74) is 1.55. The van der Waals surface area contributed by atoms with Gasteiger partial charge < -0.3 is 9.64 Å². The average molecular weight is 466 g/mol. The van der Waals surface area contributed by atoms with Crippen molar-refractivity contribution >= 4 is 45.9 Å². The highest BCUT2D eigenvalue weighted by atomic mass is 35.5. The molecule has 0 saturated carbocycles. The van der Waals surface area contributed by atoms with Crippen LogP contribution in [0.1, 0.15) is 0 Å². The number of hydrogen-bond donors (Lipinski definition) is 0. The molecule has 0 aliphatic rings. The highest BCUT2D eigenvalue weighted by molar-refractivity contribution is 7.99. The highest BCUT2D eigenvalue weighted by Gasteiger charge is 2.19. The lowest BCUT2D eigenvalue weighted by Crippen LogP contribution is -2.28. The summed E-state index contributed by atoms with van der Waals surface area (Å²) in [5.74, 6) is 0.506. The smallest absolute Gasteiger partial charge is 0.266 e. The van der Waals surface area contributed by atoms with E-state index in [0.717, 1.165) is 5.69 Å². The quantitative estimate of drug-likeness (QED) is 0.302. The van der Waals surface area contributed by atoms with Gasteiger partial charge in [-0.25, -0.2) is 4.98 Å². The second-order valence-electron chi connectivity index (χ2n) is 6.95. The third-order valence-electron chi connectivity index (χ3n) is 4.97. The van der Waals surface area contributed by atoms with Crippen molar-refractivity contribution < 1.29 is 9.53 Å². The molecule has 0 unspecified atom stereocenters. The van der Waals surface area contributed by atoms with Crippen LogP contribution in [-0.2, 0) is 4.79 Å². The van der Waals surface area contributed by atoms with Crippen LogP contribution in [0.4, 0.5) is 5.69 Å². The minimum Gasteiger partial charge on any atom is -0.495 e. The van der Waals surface area contributed by atoms with Crippen LogP contribution in [0.15, 0.2) is 82.7 Å². The molecule has 32 heavy (non-hydrogen) atoms. The van der Waals surface area contributed by atoms with Gasteiger partial charge in [-0.05, 0) is 42.5 Å². The maximum Gasteiger partial charge on any atom is 0.266 e. The molecule has 1 aromatic heterocycles. The van der Waals surface area contributed by atoms with Gasteiger partial charge in [0.2, 0.25) is 5.91 Å². The molecular formula is C24H20ClN3O3S. The summed E-state index contributed by atoms with van der Waals surface area (Å²) in [6.07, 6.45) is 0. The van der Waals surface area contributed by atoms with E-state index in [4.69, 9.17) is 16.3 Å². The van der Waals surface area contributed by atoms with E-state index in [1.54, 1.807) is 49.4 Å². The van der Waals surface area contributed by atoms with Gasteiger partial charge in [0, 0.05) is 17.8 Å². The van der Waals surface area contributed by atoms with E-state index in [0.29, 0.717) is 32.5 Å². The molecule has 4 aromatic rings. The SMILES string of the molecule is COc1ccccc1-n1c(SCC(=O)N(C)c2ccccc2)nc2cc(Cl)ccc2c1=O. The topological polar surface area (TPSA) is 64.4 Å². The third-order valence-corrected chi connectivity index (χ3v) is 6.13. The van der Waals surface area contributed by atoms with Gasteiger partial charge in [0.1, 0.15) is 5.75 Å². The molecule has 3 aromatic carbocycles. The van der Waals surface area contributed by atoms with E-state index < -0.39 is 0 Å². The number of ether oxygens (including phenoxy) is 1. The molecule has 0 fully saturated rings. The maximum atomic E-state index is 13.4. The molecule has 4 rings (SSSR count). The molecule has 0 N–H and O–H groups in total. The van der Waals surface area contributed by atoms with Crippen molar-refractivity contribution in [3.05, 3.63) is 88.2 Å². The van der Waals surface area contributed by atoms with Crippen LogP contribution in [0.3, 0.4) is 0 Å². The summed E-state index contributed by atoms with van der Waals surface area (Å²) in [4.78, 5) is 32.5. The van der Waals surface area contributed by atoms with Crippen LogP contribution in [0.5, 0.6) is 5.75 Å². The first-order chi connectivity index (χ1) is 15.5. The van der Waals surface area contributed by atoms with Crippen LogP contribution in [0, 0.1) is 0 Å². The van der Waals surface area contributed by atoms with Crippen molar-refractivity contribution in [3.8, 4) is 11.4 Å². The maximum absolute atomic E-state index is 13.4. The Balaban J connectivity index is 1.77. The molecule has 0 spiro atoms. The summed E-state index contributed by atoms with van der Waals surface area (Å²) in [6.45, 7) is 0. The lowest BCUT2D eigenvalue weighted by atomic mass is 10.2. The Bertz CT molecular complexity index is 1340. The number of aromatic nitrogens is 2. The summed E-state index contributed by atoms with van der Waals surface area (Å²) < 4.78 is 6.95. The van der Waals surface area contributed by atoms with Crippen molar-refractivity contribution in [2.24, 2.45) is 0 Å². The van der Waals surface area contributed by atoms with Crippen molar-refractivity contribution in [1.82, 2.24) is 9.55 Å². The lowest BCUT2D eigenvalue weighted by molar-refractivity contribution is -0.115. The number of methoxy groups -OCH3 is 1. The monoisotopic (exact) mass is 465 g/mol. The van der Waals surface area contributed by atoms with Gasteiger partial charge in [0.25, 0.3) is 5.56 Å². The van der Waals surface area contributed by atoms with Gasteiger partial charge in [-0.1, -0.05) is 53.7 Å². The fourth-order valence-electron chi connectivity index (χ4n) is 3.28. The van der Waals surface area contributed by atoms with Crippen LogP contribution in [0.2, 0.25) is 5.02 Å². The highest BCUT2D eigenvalue weighted by Crippen LogP contribution is 2.28. The molecule has 8 heteroatoms. The number of amides is 1. The number of benzene rings is 3. The molecular weight excluding hydrogens is 446 g/mol. The van der Waals surface area contributed by atoms with Crippen molar-refractivity contribution in [2.45, 2.75) is 5.16 Å². The Morgan fingerprint density at radius 2 is 1.81 bits per heavy atom. The molecule has 1 amide bonds. The van der Waals surface area contributed by atoms with E-state index in [1.807, 2.05) is 42.5 Å². The molecule has 0 atom stereocenters. The predicted molar refractivity (Wildman–Crippen MR) is 129 cm³/mol. The summed E-state index contributed by atoms with van der Waals surface area (Å²) >= 11 is 7.32. The number of para-hydroxylation sites is 3. The fraction of sp³-hybridized carbons (Fsp3) is 0.125. The van der Waals surface area contributed by atoms with E-state index >= 15 is 0 Å². The largest absolute Gasteiger partial charge is 0.495 e. The zero-order valence-corrected chi connectivity index (χ0v) is 19.1. The third kappa shape index (κ3) is 4.35. The van der Waals surface area contributed by atoms with Crippen LogP contribution >= 0.6 is 23.4 Å². The predicted octanol–water partition coefficient (Wildman–Crippen LogP) is 4.80. The summed E-state index contributed by atoms with van der Waals surface area (Å²) in [6, 6.07) is 21.5. The van der Waals surface area contributed by atoms with E-state index in [2.05, 4.69) is 4.98 Å². The Morgan fingerprint density at radius 1 is 1.09 bits per heavy atom. The molecule has 0 aliphatic heterocycles. The van der Waals surface area contributed by atoms with Gasteiger partial charge in [-0.3, -0.25) is 14.2 Å². The van der Waals surface area contributed by atoms with Gasteiger partial charge in [0.15, 0.2) is 5.16 Å². The molecule has 1 heterocycles. The first-order valence-corrected chi connectivity index (χ1v) is 11.2. The van der Waals surface area contributed by atoms with E-state index in [-0.39, 0.29) is 17.2 Å². The molecule has 6 nitrogen and oxygen atoms in total. The fourth-order valence-corrected chi connectivity index (χ4v) is 4.37. The van der Waals surface area contributed by atoms with Crippen molar-refractivity contribution in [3.63, 3.8) is 0 Å². The number of carbonyl (C=O) groups is 1. The van der Waals surface area contributed by atoms with Crippen LogP contribution in [0.25, 0.3) is 16.6 Å². The number of carbonyl (C=O) groups excluding carboxylic acids is 1. The van der Waals surface area contributed by atoms with Gasteiger partial charge >= 0.3 is 0 Å². The normalized spacial score (nSPS) is 10.8. The molecule has 162 valence electrons. The van der Waals surface area contributed by atoms with E-state index in [1.165, 1.54) is 16.3 Å². The number of thioether (sulfide) groups is 1. The summed E-state index contributed by atoms with van der Waals surface area (Å²) in [5, 5.41) is 1.29. The minimum atomic E-state index is -0.262. The number of fused-ring (bicyclic) bond motifs is 1. The van der Waals surface area contributed by atoms with Crippen LogP contribution < -0.4 is 15.2 Å². The van der Waals surface area contributed by atoms with Gasteiger partial charge in [-0.2, -0.15) is 0 Å². The zero-order valence-electron chi connectivity index (χ0n) is 17.5. The van der Waals surface area contributed by atoms with Gasteiger partial charge in [-0.15, -0.1) is 0 Å². The first-order valence-electron chi connectivity index (χ1n) is 9.79. The Morgan fingerprint density at radius 3 is 2.56 bits per heavy atom. The van der Waals surface area contributed by atoms with Crippen LogP contribution in [-0.4, -0.2) is 35.4 Å². The average Bonchev–Trinajstić information content (AvgIpc) is 2.82. The molecule has 0 radical (unpaired) electrons. The molecule has 0 saturated heterocycles. The van der Waals surface area contributed by atoms with E-state index in [9.17, 15) is 9.59 Å². The van der Waals surface area contributed by atoms with Crippen molar-refractivity contribution in [1.29, 1.82) is 0 Å². The summed E-state index contributed by atoms with van der Waals surface area (Å²) in [7, 11) is 3.27. The number of hydrogen-bond acceptors (Lipinski definition) is 5. The molecule has 0 bridgehead atoms. The number of rotatable bonds is 6. The number of anilines is 1. The Labute approximate surface area is 194 Å². The minimum absolute atomic E-state index is 0.0963. The lowest BCUT2D eigenvalue weighted by Gasteiger charge is -2.18. The second-order valence-corrected chi connectivity index (χ2v) is 8.32. The zero-order chi connectivity index (χ0) is 22.7. The standard InChI is InChI=1S/C24H20ClN3O3S/c1-27(17-8-4-3-5-9-17)22(29)15-32-24-26-19-14-16(25)12-13-18(19)23(30)28(24)20-10-6-7-11-21(20)31-2/h3-14H,15H2,1-2H3. The molecule has 0 aliphatic carbocycles. The number of halogens is 1. The Hall–Kier alpha value is -3.29.